The Balaban J connectivity index is 2.14. The summed E-state index contributed by atoms with van der Waals surface area (Å²) in [7, 11) is 0. The first-order valence-electron chi connectivity index (χ1n) is 4.26. The molecule has 0 fully saturated rings. The molecular weight excluding hydrogens is 292 g/mol. The van der Waals surface area contributed by atoms with Gasteiger partial charge < -0.3 is 0 Å². The number of carbonyl (C=O) groups excluding carboxylic acids is 1. The lowest BCUT2D eigenvalue weighted by molar-refractivity contribution is 0.112. The van der Waals surface area contributed by atoms with Crippen molar-refractivity contribution in [2.75, 3.05) is 0 Å². The summed E-state index contributed by atoms with van der Waals surface area (Å²) in [5, 5.41) is 0. The molecule has 0 saturated heterocycles. The third kappa shape index (κ3) is 2.87. The van der Waals surface area contributed by atoms with E-state index in [0.29, 0.717) is 0 Å². The van der Waals surface area contributed by atoms with E-state index in [1.807, 2.05) is 24.3 Å². The Morgan fingerprint density at radius 3 is 2.07 bits per heavy atom. The van der Waals surface area contributed by atoms with Crippen molar-refractivity contribution >= 4 is 57.0 Å². The van der Waals surface area contributed by atoms with Crippen molar-refractivity contribution in [3.63, 3.8) is 0 Å². The van der Waals surface area contributed by atoms with E-state index in [4.69, 9.17) is 0 Å². The zero-order valence-electron chi connectivity index (χ0n) is 7.64. The number of carbonyl (C=O) groups is 1. The Kier molecular flexibility index (Phi) is 3.51. The van der Waals surface area contributed by atoms with E-state index in [2.05, 4.69) is 28.1 Å². The smallest absolute Gasteiger partial charge is 0.160 e. The van der Waals surface area contributed by atoms with Crippen molar-refractivity contribution in [3.05, 3.63) is 42.7 Å². The highest BCUT2D eigenvalue weighted by Gasteiger charge is 1.96. The Labute approximate surface area is 104 Å². The zero-order valence-corrected chi connectivity index (χ0v) is 10.9. The number of rotatable bonds is 3. The molecule has 0 unspecified atom stereocenters. The van der Waals surface area contributed by atoms with Crippen molar-refractivity contribution in [1.29, 1.82) is 0 Å². The molecule has 0 atom stereocenters. The maximum atomic E-state index is 10.5. The molecule has 2 aromatic rings. The molecule has 0 aromatic carbocycles. The first-order chi connectivity index (χ1) is 7.28. The van der Waals surface area contributed by atoms with Gasteiger partial charge in [0.1, 0.15) is 0 Å². The standard InChI is InChI=1S/C11H7BrOS2/c12-11-6-5-9(15-11)2-1-8-3-4-10(7-13)14-8/h1-7H/b2-1+. The van der Waals surface area contributed by atoms with Gasteiger partial charge in [0.15, 0.2) is 6.29 Å². The van der Waals surface area contributed by atoms with Gasteiger partial charge in [-0.25, -0.2) is 0 Å². The van der Waals surface area contributed by atoms with Crippen LogP contribution in [0, 0.1) is 0 Å². The molecule has 0 saturated carbocycles. The fourth-order valence-electron chi connectivity index (χ4n) is 1.10. The van der Waals surface area contributed by atoms with E-state index in [1.165, 1.54) is 16.2 Å². The minimum atomic E-state index is 0.766. The second kappa shape index (κ2) is 4.88. The molecule has 0 radical (unpaired) electrons. The second-order valence-electron chi connectivity index (χ2n) is 2.83. The first-order valence-corrected chi connectivity index (χ1v) is 6.69. The van der Waals surface area contributed by atoms with Crippen LogP contribution >= 0.6 is 38.6 Å². The van der Waals surface area contributed by atoms with Crippen molar-refractivity contribution in [2.24, 2.45) is 0 Å². The minimum Gasteiger partial charge on any atom is -0.297 e. The molecule has 0 aliphatic carbocycles. The summed E-state index contributed by atoms with van der Waals surface area (Å²) < 4.78 is 1.13. The van der Waals surface area contributed by atoms with Gasteiger partial charge in [0.05, 0.1) is 8.66 Å². The number of hydrogen-bond acceptors (Lipinski definition) is 3. The Morgan fingerprint density at radius 2 is 1.53 bits per heavy atom. The van der Waals surface area contributed by atoms with Crippen LogP contribution in [-0.4, -0.2) is 6.29 Å². The van der Waals surface area contributed by atoms with E-state index in [9.17, 15) is 4.79 Å². The molecule has 2 aromatic heterocycles. The molecule has 0 N–H and O–H groups in total. The fourth-order valence-corrected chi connectivity index (χ4v) is 3.16. The van der Waals surface area contributed by atoms with Gasteiger partial charge in [-0.2, -0.15) is 0 Å². The molecule has 0 aliphatic heterocycles. The lowest BCUT2D eigenvalue weighted by atomic mass is 10.3. The minimum absolute atomic E-state index is 0.766. The number of halogens is 1. The monoisotopic (exact) mass is 298 g/mol. The summed E-state index contributed by atoms with van der Waals surface area (Å²) in [4.78, 5) is 13.5. The molecule has 76 valence electrons. The lowest BCUT2D eigenvalue weighted by Gasteiger charge is -1.83. The third-order valence-corrected chi connectivity index (χ3v) is 4.33. The van der Waals surface area contributed by atoms with Crippen LogP contribution < -0.4 is 0 Å². The van der Waals surface area contributed by atoms with Crippen molar-refractivity contribution < 1.29 is 4.79 Å². The molecule has 0 bridgehead atoms. The van der Waals surface area contributed by atoms with Crippen LogP contribution in [0.4, 0.5) is 0 Å². The van der Waals surface area contributed by atoms with Gasteiger partial charge in [-0.05, 0) is 52.3 Å². The SMILES string of the molecule is O=Cc1ccc(/C=C/c2ccc(Br)s2)s1. The van der Waals surface area contributed by atoms with E-state index < -0.39 is 0 Å². The first kappa shape index (κ1) is 10.8. The van der Waals surface area contributed by atoms with Crippen LogP contribution in [0.15, 0.2) is 28.1 Å². The molecule has 0 spiro atoms. The maximum Gasteiger partial charge on any atom is 0.160 e. The Morgan fingerprint density at radius 1 is 0.933 bits per heavy atom. The maximum absolute atomic E-state index is 10.5. The largest absolute Gasteiger partial charge is 0.297 e. The highest BCUT2D eigenvalue weighted by atomic mass is 79.9. The Hall–Kier alpha value is -0.710. The number of aldehydes is 1. The average Bonchev–Trinajstić information content (AvgIpc) is 2.83. The highest BCUT2D eigenvalue weighted by Crippen LogP contribution is 2.24. The van der Waals surface area contributed by atoms with Crippen LogP contribution in [0.5, 0.6) is 0 Å². The summed E-state index contributed by atoms with van der Waals surface area (Å²) in [5.41, 5.74) is 0. The van der Waals surface area contributed by atoms with E-state index in [-0.39, 0.29) is 0 Å². The number of thiophene rings is 2. The Bertz CT molecular complexity index is 496. The summed E-state index contributed by atoms with van der Waals surface area (Å²) >= 11 is 6.60. The van der Waals surface area contributed by atoms with Gasteiger partial charge >= 0.3 is 0 Å². The summed E-state index contributed by atoms with van der Waals surface area (Å²) in [6.45, 7) is 0. The molecule has 1 nitrogen and oxygen atoms in total. The van der Waals surface area contributed by atoms with Gasteiger partial charge in [0.25, 0.3) is 0 Å². The summed E-state index contributed by atoms with van der Waals surface area (Å²) in [6.07, 6.45) is 4.95. The third-order valence-electron chi connectivity index (χ3n) is 1.77. The second-order valence-corrected chi connectivity index (χ2v) is 6.47. The predicted octanol–water partition coefficient (Wildman–Crippen LogP) is 4.56. The van der Waals surface area contributed by atoms with E-state index in [0.717, 1.165) is 19.8 Å². The molecule has 0 aliphatic rings. The van der Waals surface area contributed by atoms with Crippen LogP contribution in [0.1, 0.15) is 19.4 Å². The molecule has 15 heavy (non-hydrogen) atoms. The van der Waals surface area contributed by atoms with E-state index >= 15 is 0 Å². The quantitative estimate of drug-likeness (QED) is 0.760. The van der Waals surface area contributed by atoms with Crippen LogP contribution in [-0.2, 0) is 0 Å². The molecule has 0 amide bonds. The normalized spacial score (nSPS) is 11.0. The highest BCUT2D eigenvalue weighted by molar-refractivity contribution is 9.11. The molecule has 2 rings (SSSR count). The lowest BCUT2D eigenvalue weighted by Crippen LogP contribution is -1.62. The van der Waals surface area contributed by atoms with Gasteiger partial charge in [-0.15, -0.1) is 22.7 Å². The van der Waals surface area contributed by atoms with Gasteiger partial charge in [0, 0.05) is 9.75 Å². The van der Waals surface area contributed by atoms with Crippen LogP contribution in [0.2, 0.25) is 0 Å². The molecule has 4 heteroatoms. The van der Waals surface area contributed by atoms with Crippen molar-refractivity contribution in [3.8, 4) is 0 Å². The zero-order chi connectivity index (χ0) is 10.7. The van der Waals surface area contributed by atoms with Gasteiger partial charge in [-0.1, -0.05) is 0 Å². The van der Waals surface area contributed by atoms with Gasteiger partial charge in [-0.3, -0.25) is 4.79 Å². The summed E-state index contributed by atoms with van der Waals surface area (Å²) in [5.74, 6) is 0. The topological polar surface area (TPSA) is 17.1 Å². The van der Waals surface area contributed by atoms with Crippen molar-refractivity contribution in [1.82, 2.24) is 0 Å². The van der Waals surface area contributed by atoms with Gasteiger partial charge in [0.2, 0.25) is 0 Å². The summed E-state index contributed by atoms with van der Waals surface area (Å²) in [6, 6.07) is 7.87. The average molecular weight is 299 g/mol. The van der Waals surface area contributed by atoms with Crippen LogP contribution in [0.3, 0.4) is 0 Å². The predicted molar refractivity (Wildman–Crippen MR) is 70.7 cm³/mol. The molecule has 2 heterocycles. The fraction of sp³-hybridized carbons (Fsp3) is 0. The molecular formula is C11H7BrOS2. The van der Waals surface area contributed by atoms with Crippen LogP contribution in [0.25, 0.3) is 12.2 Å². The van der Waals surface area contributed by atoms with Crippen molar-refractivity contribution in [2.45, 2.75) is 0 Å². The number of hydrogen-bond donors (Lipinski definition) is 0. The van der Waals surface area contributed by atoms with E-state index in [1.54, 1.807) is 11.3 Å².